The molecule has 0 saturated carbocycles. The molecule has 26 heavy (non-hydrogen) atoms. The molecule has 0 N–H and O–H groups in total. The summed E-state index contributed by atoms with van der Waals surface area (Å²) in [7, 11) is 0. The van der Waals surface area contributed by atoms with Crippen molar-refractivity contribution in [3.8, 4) is 0 Å². The van der Waals surface area contributed by atoms with Crippen LogP contribution in [0.5, 0.6) is 0 Å². The molecule has 0 saturated heterocycles. The van der Waals surface area contributed by atoms with Crippen molar-refractivity contribution in [2.75, 3.05) is 0 Å². The lowest BCUT2D eigenvalue weighted by Gasteiger charge is -2.30. The van der Waals surface area contributed by atoms with E-state index in [2.05, 4.69) is 102 Å². The number of halogens is 1. The zero-order valence-corrected chi connectivity index (χ0v) is 15.6. The summed E-state index contributed by atoms with van der Waals surface area (Å²) in [5, 5.41) is 0. The Kier molecular flexibility index (Phi) is 7.06. The molecule has 1 nitrogen and oxygen atoms in total. The molecule has 3 aromatic carbocycles. The van der Waals surface area contributed by atoms with Gasteiger partial charge in [0, 0.05) is 24.7 Å². The topological polar surface area (TPSA) is 3.24 Å². The molecule has 0 spiro atoms. The van der Waals surface area contributed by atoms with Crippen LogP contribution in [0.4, 0.5) is 0 Å². The summed E-state index contributed by atoms with van der Waals surface area (Å²) in [4.78, 5) is 2.48. The summed E-state index contributed by atoms with van der Waals surface area (Å²) in [6.07, 6.45) is 3.03. The van der Waals surface area contributed by atoms with Gasteiger partial charge in [0.25, 0.3) is 0 Å². The molecule has 3 aromatic rings. The Morgan fingerprint density at radius 2 is 1.08 bits per heavy atom. The van der Waals surface area contributed by atoms with Crippen LogP contribution in [0.1, 0.15) is 16.7 Å². The Bertz CT molecular complexity index is 743. The highest BCUT2D eigenvalue weighted by Gasteiger charge is 2.17. The van der Waals surface area contributed by atoms with Gasteiger partial charge in [0.2, 0.25) is 0 Å². The van der Waals surface area contributed by atoms with E-state index >= 15 is 0 Å². The fraction of sp³-hybridized carbons (Fsp3) is 0.167. The standard InChI is InChI=1S/C24H24ClN/c25-17-16-24(18-21-10-4-1-5-11-21)26(19-22-12-6-2-7-13-22)20-23-14-8-3-9-15-23/h1-17,24H,18-20H2/b17-16+/t24-/m1/s1. The van der Waals surface area contributed by atoms with Crippen LogP contribution >= 0.6 is 11.6 Å². The van der Waals surface area contributed by atoms with Crippen LogP contribution in [-0.2, 0) is 19.5 Å². The maximum Gasteiger partial charge on any atom is 0.0337 e. The molecule has 0 aliphatic heterocycles. The predicted octanol–water partition coefficient (Wildman–Crippen LogP) is 6.05. The van der Waals surface area contributed by atoms with E-state index in [1.165, 1.54) is 16.7 Å². The summed E-state index contributed by atoms with van der Waals surface area (Å²) < 4.78 is 0. The summed E-state index contributed by atoms with van der Waals surface area (Å²) in [5.74, 6) is 0. The van der Waals surface area contributed by atoms with E-state index in [0.717, 1.165) is 19.5 Å². The summed E-state index contributed by atoms with van der Waals surface area (Å²) in [6.45, 7) is 1.77. The van der Waals surface area contributed by atoms with Crippen molar-refractivity contribution in [2.24, 2.45) is 0 Å². The van der Waals surface area contributed by atoms with Gasteiger partial charge in [-0.05, 0) is 23.1 Å². The Balaban J connectivity index is 1.85. The van der Waals surface area contributed by atoms with E-state index in [1.54, 1.807) is 5.54 Å². The van der Waals surface area contributed by atoms with Gasteiger partial charge in [-0.1, -0.05) is 109 Å². The van der Waals surface area contributed by atoms with Crippen LogP contribution in [0.25, 0.3) is 0 Å². The van der Waals surface area contributed by atoms with Crippen molar-refractivity contribution in [1.29, 1.82) is 0 Å². The molecule has 0 unspecified atom stereocenters. The monoisotopic (exact) mass is 361 g/mol. The van der Waals surface area contributed by atoms with Crippen LogP contribution in [-0.4, -0.2) is 10.9 Å². The average Bonchev–Trinajstić information content (AvgIpc) is 2.70. The predicted molar refractivity (Wildman–Crippen MR) is 111 cm³/mol. The molecule has 0 bridgehead atoms. The van der Waals surface area contributed by atoms with E-state index in [0.29, 0.717) is 0 Å². The number of benzene rings is 3. The number of hydrogen-bond donors (Lipinski definition) is 0. The van der Waals surface area contributed by atoms with E-state index in [-0.39, 0.29) is 6.04 Å². The molecule has 0 radical (unpaired) electrons. The van der Waals surface area contributed by atoms with Crippen molar-refractivity contribution in [3.63, 3.8) is 0 Å². The highest BCUT2D eigenvalue weighted by Crippen LogP contribution is 2.18. The molecule has 0 heterocycles. The van der Waals surface area contributed by atoms with Crippen molar-refractivity contribution >= 4 is 11.6 Å². The highest BCUT2D eigenvalue weighted by molar-refractivity contribution is 6.25. The van der Waals surface area contributed by atoms with Gasteiger partial charge in [-0.15, -0.1) is 0 Å². The SMILES string of the molecule is Cl/C=C/[C@H](Cc1ccccc1)N(Cc1ccccc1)Cc1ccccc1. The van der Waals surface area contributed by atoms with Gasteiger partial charge >= 0.3 is 0 Å². The third kappa shape index (κ3) is 5.59. The molecule has 0 aliphatic carbocycles. The lowest BCUT2D eigenvalue weighted by atomic mass is 10.0. The summed E-state index contributed by atoms with van der Waals surface area (Å²) in [6, 6.07) is 32.1. The third-order valence-electron chi connectivity index (χ3n) is 4.51. The van der Waals surface area contributed by atoms with Crippen molar-refractivity contribution in [1.82, 2.24) is 4.90 Å². The van der Waals surface area contributed by atoms with Gasteiger partial charge in [-0.3, -0.25) is 4.90 Å². The first-order chi connectivity index (χ1) is 12.8. The lowest BCUT2D eigenvalue weighted by molar-refractivity contribution is 0.209. The van der Waals surface area contributed by atoms with Gasteiger partial charge in [-0.25, -0.2) is 0 Å². The summed E-state index contributed by atoms with van der Waals surface area (Å²) in [5.41, 5.74) is 5.59. The van der Waals surface area contributed by atoms with E-state index in [9.17, 15) is 0 Å². The molecule has 0 aliphatic rings. The molecular formula is C24H24ClN. The minimum Gasteiger partial charge on any atom is -0.288 e. The van der Waals surface area contributed by atoms with Gasteiger partial charge in [0.15, 0.2) is 0 Å². The zero-order chi connectivity index (χ0) is 18.0. The summed E-state index contributed by atoms with van der Waals surface area (Å²) >= 11 is 6.01. The molecule has 132 valence electrons. The van der Waals surface area contributed by atoms with E-state index < -0.39 is 0 Å². The van der Waals surface area contributed by atoms with Gasteiger partial charge in [0.1, 0.15) is 0 Å². The first-order valence-corrected chi connectivity index (χ1v) is 9.41. The van der Waals surface area contributed by atoms with Crippen LogP contribution in [0.3, 0.4) is 0 Å². The maximum absolute atomic E-state index is 6.01. The quantitative estimate of drug-likeness (QED) is 0.472. The average molecular weight is 362 g/mol. The van der Waals surface area contributed by atoms with E-state index in [4.69, 9.17) is 11.6 Å². The second-order valence-corrected chi connectivity index (χ2v) is 6.70. The second kappa shape index (κ2) is 9.96. The Labute approximate surface area is 161 Å². The Morgan fingerprint density at radius 1 is 0.654 bits per heavy atom. The number of nitrogens with zero attached hydrogens (tertiary/aromatic N) is 1. The van der Waals surface area contributed by atoms with Gasteiger partial charge < -0.3 is 0 Å². The highest BCUT2D eigenvalue weighted by atomic mass is 35.5. The van der Waals surface area contributed by atoms with Gasteiger partial charge in [0.05, 0.1) is 0 Å². The van der Waals surface area contributed by atoms with Crippen LogP contribution in [0, 0.1) is 0 Å². The Morgan fingerprint density at radius 3 is 1.50 bits per heavy atom. The molecule has 1 atom stereocenters. The third-order valence-corrected chi connectivity index (χ3v) is 4.65. The maximum atomic E-state index is 6.01. The minimum absolute atomic E-state index is 0.232. The Hall–Kier alpha value is -2.35. The van der Waals surface area contributed by atoms with E-state index in [1.807, 2.05) is 0 Å². The number of rotatable bonds is 8. The van der Waals surface area contributed by atoms with Crippen molar-refractivity contribution in [2.45, 2.75) is 25.6 Å². The smallest absolute Gasteiger partial charge is 0.0337 e. The molecule has 0 amide bonds. The lowest BCUT2D eigenvalue weighted by Crippen LogP contribution is -2.34. The first kappa shape index (κ1) is 18.4. The first-order valence-electron chi connectivity index (χ1n) is 8.98. The molecular weight excluding hydrogens is 338 g/mol. The molecule has 3 rings (SSSR count). The fourth-order valence-electron chi connectivity index (χ4n) is 3.18. The van der Waals surface area contributed by atoms with Crippen LogP contribution < -0.4 is 0 Å². The van der Waals surface area contributed by atoms with Crippen LogP contribution in [0.2, 0.25) is 0 Å². The van der Waals surface area contributed by atoms with Crippen molar-refractivity contribution < 1.29 is 0 Å². The zero-order valence-electron chi connectivity index (χ0n) is 14.8. The molecule has 0 fully saturated rings. The normalized spacial score (nSPS) is 12.5. The molecule has 0 aromatic heterocycles. The minimum atomic E-state index is 0.232. The van der Waals surface area contributed by atoms with Crippen molar-refractivity contribution in [3.05, 3.63) is 119 Å². The fourth-order valence-corrected chi connectivity index (χ4v) is 3.35. The van der Waals surface area contributed by atoms with Gasteiger partial charge in [-0.2, -0.15) is 0 Å². The number of hydrogen-bond acceptors (Lipinski definition) is 1. The largest absolute Gasteiger partial charge is 0.288 e. The van der Waals surface area contributed by atoms with Crippen LogP contribution in [0.15, 0.2) is 103 Å². The second-order valence-electron chi connectivity index (χ2n) is 6.45. The molecule has 2 heteroatoms.